The maximum Gasteiger partial charge on any atom is 0.225 e. The molecule has 2 heterocycles. The number of H-pyrrole nitrogens is 1. The third kappa shape index (κ3) is 3.92. The molecule has 2 aromatic heterocycles. The number of nitrogens with zero attached hydrogens (tertiary/aromatic N) is 3. The van der Waals surface area contributed by atoms with Gasteiger partial charge < -0.3 is 10.1 Å². The van der Waals surface area contributed by atoms with Crippen molar-refractivity contribution in [3.8, 4) is 0 Å². The summed E-state index contributed by atoms with van der Waals surface area (Å²) < 4.78 is 6.73. The van der Waals surface area contributed by atoms with Crippen LogP contribution in [-0.2, 0) is 29.2 Å². The van der Waals surface area contributed by atoms with E-state index >= 15 is 0 Å². The van der Waals surface area contributed by atoms with E-state index in [9.17, 15) is 4.79 Å². The lowest BCUT2D eigenvalue weighted by Gasteiger charge is -2.11. The van der Waals surface area contributed by atoms with Crippen LogP contribution in [0.15, 0.2) is 24.5 Å². The Kier molecular flexibility index (Phi) is 4.89. The predicted molar refractivity (Wildman–Crippen MR) is 72.5 cm³/mol. The summed E-state index contributed by atoms with van der Waals surface area (Å²) in [6.45, 7) is 3.33. The first-order chi connectivity index (χ1) is 9.69. The normalized spacial score (nSPS) is 12.3. The van der Waals surface area contributed by atoms with E-state index in [1.807, 2.05) is 25.3 Å². The molecular weight excluding hydrogens is 258 g/mol. The summed E-state index contributed by atoms with van der Waals surface area (Å²) in [6, 6.07) is 3.72. The van der Waals surface area contributed by atoms with E-state index < -0.39 is 0 Å². The molecule has 0 aliphatic carbocycles. The van der Waals surface area contributed by atoms with Gasteiger partial charge in [0.05, 0.1) is 37.0 Å². The highest BCUT2D eigenvalue weighted by molar-refractivity contribution is 5.78. The molecule has 0 radical (unpaired) electrons. The zero-order valence-electron chi connectivity index (χ0n) is 11.7. The fourth-order valence-corrected chi connectivity index (χ4v) is 1.85. The highest BCUT2D eigenvalue weighted by Crippen LogP contribution is 2.03. The van der Waals surface area contributed by atoms with E-state index in [0.29, 0.717) is 19.7 Å². The molecule has 0 spiro atoms. The molecule has 0 aromatic carbocycles. The van der Waals surface area contributed by atoms with Gasteiger partial charge in [0.1, 0.15) is 0 Å². The number of ether oxygens (including phenoxy) is 1. The second-order valence-corrected chi connectivity index (χ2v) is 4.66. The quantitative estimate of drug-likeness (QED) is 0.780. The first kappa shape index (κ1) is 14.3. The smallest absolute Gasteiger partial charge is 0.225 e. The number of aromatic nitrogens is 4. The minimum absolute atomic E-state index is 0.0107. The van der Waals surface area contributed by atoms with Crippen molar-refractivity contribution >= 4 is 5.91 Å². The second-order valence-electron chi connectivity index (χ2n) is 4.66. The molecule has 0 saturated carbocycles. The Morgan fingerprint density at radius 2 is 2.45 bits per heavy atom. The topological polar surface area (TPSA) is 84.8 Å². The minimum atomic E-state index is -0.142. The number of hydrogen-bond donors (Lipinski definition) is 2. The molecule has 0 aliphatic heterocycles. The molecule has 7 nitrogen and oxygen atoms in total. The van der Waals surface area contributed by atoms with E-state index in [1.165, 1.54) is 0 Å². The lowest BCUT2D eigenvalue weighted by Crippen LogP contribution is -2.31. The number of aromatic amines is 1. The molecule has 0 fully saturated rings. The number of carbonyl (C=O) groups excluding carboxylic acids is 1. The molecular formula is C13H19N5O2. The van der Waals surface area contributed by atoms with E-state index in [1.54, 1.807) is 18.0 Å². The van der Waals surface area contributed by atoms with Crippen molar-refractivity contribution < 1.29 is 9.53 Å². The molecule has 20 heavy (non-hydrogen) atoms. The number of rotatable bonds is 7. The van der Waals surface area contributed by atoms with Crippen LogP contribution in [0.4, 0.5) is 0 Å². The van der Waals surface area contributed by atoms with Gasteiger partial charge in [0.25, 0.3) is 0 Å². The van der Waals surface area contributed by atoms with Crippen LogP contribution < -0.4 is 5.32 Å². The summed E-state index contributed by atoms with van der Waals surface area (Å²) in [7, 11) is 1.62. The summed E-state index contributed by atoms with van der Waals surface area (Å²) >= 11 is 0. The van der Waals surface area contributed by atoms with Crippen molar-refractivity contribution in [3.63, 3.8) is 0 Å². The van der Waals surface area contributed by atoms with Gasteiger partial charge in [0.15, 0.2) is 0 Å². The van der Waals surface area contributed by atoms with Crippen molar-refractivity contribution in [3.05, 3.63) is 35.9 Å². The Balaban J connectivity index is 1.78. The van der Waals surface area contributed by atoms with Gasteiger partial charge in [0.2, 0.25) is 5.91 Å². The fraction of sp³-hybridized carbons (Fsp3) is 0.462. The van der Waals surface area contributed by atoms with Crippen molar-refractivity contribution in [1.29, 1.82) is 0 Å². The lowest BCUT2D eigenvalue weighted by atomic mass is 10.1. The van der Waals surface area contributed by atoms with Gasteiger partial charge >= 0.3 is 0 Å². The van der Waals surface area contributed by atoms with Gasteiger partial charge in [-0.25, -0.2) is 0 Å². The Bertz CT molecular complexity index is 535. The number of amides is 1. The van der Waals surface area contributed by atoms with Crippen LogP contribution in [0.1, 0.15) is 18.3 Å². The van der Waals surface area contributed by atoms with Gasteiger partial charge in [-0.05, 0) is 12.1 Å². The van der Waals surface area contributed by atoms with E-state index in [-0.39, 0.29) is 11.8 Å². The number of nitrogens with one attached hydrogen (secondary N) is 2. The van der Waals surface area contributed by atoms with Crippen LogP contribution in [0, 0.1) is 5.92 Å². The van der Waals surface area contributed by atoms with Crippen LogP contribution in [-0.4, -0.2) is 33.0 Å². The van der Waals surface area contributed by atoms with Crippen LogP contribution in [0.3, 0.4) is 0 Å². The van der Waals surface area contributed by atoms with Crippen LogP contribution >= 0.6 is 0 Å². The summed E-state index contributed by atoms with van der Waals surface area (Å²) in [6.07, 6.45) is 3.54. The molecule has 1 unspecified atom stereocenters. The summed E-state index contributed by atoms with van der Waals surface area (Å²) in [5.41, 5.74) is 1.68. The average Bonchev–Trinajstić information content (AvgIpc) is 3.08. The molecule has 2 rings (SSSR count). The van der Waals surface area contributed by atoms with Gasteiger partial charge in [-0.15, -0.1) is 0 Å². The van der Waals surface area contributed by atoms with Crippen LogP contribution in [0.25, 0.3) is 0 Å². The molecule has 2 aromatic rings. The highest BCUT2D eigenvalue weighted by Gasteiger charge is 2.13. The molecule has 0 bridgehead atoms. The maximum absolute atomic E-state index is 12.0. The summed E-state index contributed by atoms with van der Waals surface area (Å²) in [4.78, 5) is 12.0. The standard InChI is InChI=1S/C13H19N5O2/c1-10(8-18-5-3-4-15-18)13(19)14-7-11-6-12(9-20-2)17-16-11/h3-6,10H,7-9H2,1-2H3,(H,14,19)(H,16,17). The average molecular weight is 277 g/mol. The SMILES string of the molecule is COCc1cc(CNC(=O)C(C)Cn2cccn2)[nH]n1. The monoisotopic (exact) mass is 277 g/mol. The molecule has 1 atom stereocenters. The minimum Gasteiger partial charge on any atom is -0.378 e. The summed E-state index contributed by atoms with van der Waals surface area (Å²) in [5.74, 6) is -0.153. The molecule has 108 valence electrons. The number of carbonyl (C=O) groups is 1. The van der Waals surface area contributed by atoms with Crippen molar-refractivity contribution in [2.45, 2.75) is 26.6 Å². The fourth-order valence-electron chi connectivity index (χ4n) is 1.85. The predicted octanol–water partition coefficient (Wildman–Crippen LogP) is 0.705. The first-order valence-electron chi connectivity index (χ1n) is 6.46. The highest BCUT2D eigenvalue weighted by atomic mass is 16.5. The number of hydrogen-bond acceptors (Lipinski definition) is 4. The van der Waals surface area contributed by atoms with E-state index in [4.69, 9.17) is 4.74 Å². The number of methoxy groups -OCH3 is 1. The zero-order chi connectivity index (χ0) is 14.4. The van der Waals surface area contributed by atoms with Crippen molar-refractivity contribution in [2.24, 2.45) is 5.92 Å². The largest absolute Gasteiger partial charge is 0.378 e. The van der Waals surface area contributed by atoms with Gasteiger partial charge in [-0.1, -0.05) is 6.92 Å². The Labute approximate surface area is 117 Å². The lowest BCUT2D eigenvalue weighted by molar-refractivity contribution is -0.125. The molecule has 2 N–H and O–H groups in total. The zero-order valence-corrected chi connectivity index (χ0v) is 11.7. The molecule has 0 saturated heterocycles. The van der Waals surface area contributed by atoms with Crippen molar-refractivity contribution in [1.82, 2.24) is 25.3 Å². The van der Waals surface area contributed by atoms with Crippen LogP contribution in [0.2, 0.25) is 0 Å². The summed E-state index contributed by atoms with van der Waals surface area (Å²) in [5, 5.41) is 13.9. The Morgan fingerprint density at radius 3 is 3.15 bits per heavy atom. The van der Waals surface area contributed by atoms with Crippen molar-refractivity contribution in [2.75, 3.05) is 7.11 Å². The third-order valence-corrected chi connectivity index (χ3v) is 2.90. The van der Waals surface area contributed by atoms with E-state index in [2.05, 4.69) is 20.6 Å². The third-order valence-electron chi connectivity index (χ3n) is 2.90. The van der Waals surface area contributed by atoms with Crippen LogP contribution in [0.5, 0.6) is 0 Å². The maximum atomic E-state index is 12.0. The van der Waals surface area contributed by atoms with Gasteiger partial charge in [0, 0.05) is 19.5 Å². The molecule has 7 heteroatoms. The molecule has 0 aliphatic rings. The molecule has 1 amide bonds. The van der Waals surface area contributed by atoms with Gasteiger partial charge in [-0.2, -0.15) is 10.2 Å². The Morgan fingerprint density at radius 1 is 1.60 bits per heavy atom. The second kappa shape index (κ2) is 6.85. The van der Waals surface area contributed by atoms with E-state index in [0.717, 1.165) is 11.4 Å². The van der Waals surface area contributed by atoms with Gasteiger partial charge in [-0.3, -0.25) is 14.6 Å². The first-order valence-corrected chi connectivity index (χ1v) is 6.46. The Hall–Kier alpha value is -2.15.